The number of furan rings is 2. The van der Waals surface area contributed by atoms with Crippen LogP contribution in [-0.2, 0) is 0 Å². The average molecular weight is 813 g/mol. The Morgan fingerprint density at radius 2 is 1.08 bits per heavy atom. The first-order valence-electron chi connectivity index (χ1n) is 21.7. The SMILES string of the molecule is C1=Cc2c(n(-c3ccc4c(c3)oc3cc(-c5ccc6c(c5)oc5cc(C7N=C(c8ccccc8)NC(c8ccccc8)N7)ccc56)ccc34)c3ccccc23)C(c2ccccc2)C1. The van der Waals surface area contributed by atoms with E-state index in [9.17, 15) is 0 Å². The van der Waals surface area contributed by atoms with Crippen molar-refractivity contribution in [2.45, 2.75) is 24.7 Å². The summed E-state index contributed by atoms with van der Waals surface area (Å²) in [5.41, 5.74) is 15.0. The summed E-state index contributed by atoms with van der Waals surface area (Å²) in [5.74, 6) is 1.10. The second-order valence-electron chi connectivity index (χ2n) is 16.7. The lowest BCUT2D eigenvalue weighted by Crippen LogP contribution is -2.44. The number of hydrogen-bond acceptors (Lipinski definition) is 5. The van der Waals surface area contributed by atoms with E-state index in [2.05, 4.69) is 191 Å². The number of benzene rings is 8. The highest BCUT2D eigenvalue weighted by molar-refractivity contribution is 6.08. The molecule has 0 spiro atoms. The number of fused-ring (bicyclic) bond motifs is 9. The summed E-state index contributed by atoms with van der Waals surface area (Å²) >= 11 is 0. The zero-order valence-electron chi connectivity index (χ0n) is 34.2. The third-order valence-corrected chi connectivity index (χ3v) is 13.0. The van der Waals surface area contributed by atoms with Gasteiger partial charge in [-0.05, 0) is 82.8 Å². The molecule has 3 aromatic heterocycles. The van der Waals surface area contributed by atoms with Crippen molar-refractivity contribution in [3.8, 4) is 16.8 Å². The third-order valence-electron chi connectivity index (χ3n) is 13.0. The van der Waals surface area contributed by atoms with Crippen LogP contribution in [0.4, 0.5) is 0 Å². The van der Waals surface area contributed by atoms with Crippen molar-refractivity contribution in [1.82, 2.24) is 15.2 Å². The van der Waals surface area contributed by atoms with E-state index < -0.39 is 0 Å². The second-order valence-corrected chi connectivity index (χ2v) is 16.7. The maximum Gasteiger partial charge on any atom is 0.137 e. The second kappa shape index (κ2) is 14.3. The van der Waals surface area contributed by atoms with Crippen LogP contribution in [0.25, 0.3) is 77.7 Å². The molecule has 0 saturated heterocycles. The highest BCUT2D eigenvalue weighted by Gasteiger charge is 2.28. The zero-order chi connectivity index (χ0) is 41.4. The highest BCUT2D eigenvalue weighted by Crippen LogP contribution is 2.44. The first-order valence-corrected chi connectivity index (χ1v) is 21.7. The van der Waals surface area contributed by atoms with Crippen LogP contribution in [0.2, 0.25) is 0 Å². The molecule has 11 aromatic rings. The molecular formula is C57H40N4O2. The summed E-state index contributed by atoms with van der Waals surface area (Å²) in [6.45, 7) is 0. The van der Waals surface area contributed by atoms with Crippen molar-refractivity contribution in [3.63, 3.8) is 0 Å². The summed E-state index contributed by atoms with van der Waals surface area (Å²) in [5, 5.41) is 13.0. The Kier molecular flexibility index (Phi) is 8.14. The molecule has 8 aromatic carbocycles. The molecule has 4 heterocycles. The molecule has 0 bridgehead atoms. The van der Waals surface area contributed by atoms with Crippen LogP contribution in [-0.4, -0.2) is 10.4 Å². The lowest BCUT2D eigenvalue weighted by atomic mass is 9.86. The molecule has 3 unspecified atom stereocenters. The minimum absolute atomic E-state index is 0.112. The molecule has 2 N–H and O–H groups in total. The van der Waals surface area contributed by atoms with Crippen molar-refractivity contribution >= 4 is 66.7 Å². The maximum atomic E-state index is 6.73. The number of aliphatic imine (C=N–C) groups is 1. The number of nitrogens with one attached hydrogen (secondary N) is 2. The van der Waals surface area contributed by atoms with Crippen molar-refractivity contribution in [2.75, 3.05) is 0 Å². The number of hydrogen-bond donors (Lipinski definition) is 2. The maximum absolute atomic E-state index is 6.73. The molecule has 300 valence electrons. The van der Waals surface area contributed by atoms with Gasteiger partial charge in [0, 0.05) is 61.4 Å². The summed E-state index contributed by atoms with van der Waals surface area (Å²) in [6.07, 6.45) is 5.20. The molecule has 1 aliphatic heterocycles. The van der Waals surface area contributed by atoms with Gasteiger partial charge in [0.1, 0.15) is 40.5 Å². The summed E-state index contributed by atoms with van der Waals surface area (Å²) in [7, 11) is 0. The molecular weight excluding hydrogens is 773 g/mol. The lowest BCUT2D eigenvalue weighted by Gasteiger charge is -2.32. The molecule has 2 aliphatic rings. The van der Waals surface area contributed by atoms with Gasteiger partial charge in [-0.25, -0.2) is 4.99 Å². The molecule has 1 aliphatic carbocycles. The minimum Gasteiger partial charge on any atom is -0.456 e. The average Bonchev–Trinajstić information content (AvgIpc) is 4.03. The Morgan fingerprint density at radius 3 is 1.79 bits per heavy atom. The molecule has 0 amide bonds. The van der Waals surface area contributed by atoms with Gasteiger partial charge in [0.15, 0.2) is 0 Å². The van der Waals surface area contributed by atoms with Crippen molar-refractivity contribution in [1.29, 1.82) is 0 Å². The quantitative estimate of drug-likeness (QED) is 0.175. The Morgan fingerprint density at radius 1 is 0.492 bits per heavy atom. The zero-order valence-corrected chi connectivity index (χ0v) is 34.2. The van der Waals surface area contributed by atoms with E-state index in [0.717, 1.165) is 89.6 Å². The Bertz CT molecular complexity index is 3620. The molecule has 13 rings (SSSR count). The van der Waals surface area contributed by atoms with Crippen LogP contribution in [0.3, 0.4) is 0 Å². The summed E-state index contributed by atoms with van der Waals surface area (Å²) in [6, 6.07) is 66.6. The predicted octanol–water partition coefficient (Wildman–Crippen LogP) is 14.0. The highest BCUT2D eigenvalue weighted by atomic mass is 16.3. The number of rotatable bonds is 6. The smallest absolute Gasteiger partial charge is 0.137 e. The minimum atomic E-state index is -0.275. The van der Waals surface area contributed by atoms with Gasteiger partial charge >= 0.3 is 0 Å². The van der Waals surface area contributed by atoms with Crippen LogP contribution < -0.4 is 10.6 Å². The van der Waals surface area contributed by atoms with Crippen LogP contribution in [0.15, 0.2) is 208 Å². The van der Waals surface area contributed by atoms with Gasteiger partial charge in [-0.3, -0.25) is 5.32 Å². The van der Waals surface area contributed by atoms with Gasteiger partial charge in [0.05, 0.1) is 5.52 Å². The van der Waals surface area contributed by atoms with Gasteiger partial charge < -0.3 is 18.7 Å². The third kappa shape index (κ3) is 5.94. The molecule has 3 atom stereocenters. The van der Waals surface area contributed by atoms with Gasteiger partial charge in [-0.1, -0.05) is 146 Å². The topological polar surface area (TPSA) is 67.6 Å². The molecule has 6 heteroatoms. The van der Waals surface area contributed by atoms with E-state index in [1.807, 2.05) is 24.3 Å². The number of nitrogens with zero attached hydrogens (tertiary/aromatic N) is 2. The Labute approximate surface area is 363 Å². The van der Waals surface area contributed by atoms with Crippen LogP contribution in [0, 0.1) is 0 Å². The first kappa shape index (κ1) is 35.8. The standard InChI is InChI=1S/C57H40N4O2/c1-4-13-35(14-5-1)42-20-12-21-48-43-19-10-11-22-49(43)61(54(42)48)41-26-30-47-45-28-24-39(32-51(45)63-53(47)34-41)38-23-27-44-46-29-25-40(33-52(46)62-50(44)31-38)57-59-55(36-15-6-2-7-16-36)58-56(60-57)37-17-8-3-9-18-37/h1-19,21-34,42,55,57,59H,20H2,(H,58,60). The summed E-state index contributed by atoms with van der Waals surface area (Å²) in [4.78, 5) is 5.15. The molecule has 0 saturated carbocycles. The predicted molar refractivity (Wildman–Crippen MR) is 256 cm³/mol. The fourth-order valence-electron chi connectivity index (χ4n) is 10.0. The number of aromatic nitrogens is 1. The van der Waals surface area contributed by atoms with Gasteiger partial charge in [0.25, 0.3) is 0 Å². The van der Waals surface area contributed by atoms with Gasteiger partial charge in [-0.2, -0.15) is 0 Å². The fourth-order valence-corrected chi connectivity index (χ4v) is 10.0. The number of allylic oxidation sites excluding steroid dienone is 1. The monoisotopic (exact) mass is 812 g/mol. The van der Waals surface area contributed by atoms with E-state index >= 15 is 0 Å². The molecule has 63 heavy (non-hydrogen) atoms. The van der Waals surface area contributed by atoms with Gasteiger partial charge in [0.2, 0.25) is 0 Å². The van der Waals surface area contributed by atoms with Crippen LogP contribution in [0.1, 0.15) is 58.2 Å². The van der Waals surface area contributed by atoms with E-state index in [0.29, 0.717) is 0 Å². The number of para-hydroxylation sites is 1. The fraction of sp³-hybridized carbons (Fsp3) is 0.0702. The molecule has 6 nitrogen and oxygen atoms in total. The Hall–Kier alpha value is -7.93. The van der Waals surface area contributed by atoms with E-state index in [4.69, 9.17) is 13.8 Å². The Balaban J connectivity index is 0.850. The van der Waals surface area contributed by atoms with Crippen molar-refractivity contribution < 1.29 is 8.83 Å². The first-order chi connectivity index (χ1) is 31.2. The lowest BCUT2D eigenvalue weighted by molar-refractivity contribution is 0.409. The molecule has 0 radical (unpaired) electrons. The van der Waals surface area contributed by atoms with Crippen molar-refractivity contribution in [3.05, 3.63) is 228 Å². The van der Waals surface area contributed by atoms with E-state index in [1.165, 1.54) is 27.7 Å². The van der Waals surface area contributed by atoms with E-state index in [1.54, 1.807) is 0 Å². The largest absolute Gasteiger partial charge is 0.456 e. The van der Waals surface area contributed by atoms with Gasteiger partial charge in [-0.15, -0.1) is 0 Å². The van der Waals surface area contributed by atoms with Crippen LogP contribution >= 0.6 is 0 Å². The van der Waals surface area contributed by atoms with Crippen LogP contribution in [0.5, 0.6) is 0 Å². The summed E-state index contributed by atoms with van der Waals surface area (Å²) < 4.78 is 15.8. The number of amidine groups is 1. The van der Waals surface area contributed by atoms with Crippen molar-refractivity contribution in [2.24, 2.45) is 4.99 Å². The van der Waals surface area contributed by atoms with E-state index in [-0.39, 0.29) is 18.2 Å². The molecule has 0 fully saturated rings. The normalized spacial score (nSPS) is 17.4.